The number of hydrogen-bond acceptors (Lipinski definition) is 2. The standard InChI is InChI=1S/C12H17BrN2/c1-3-10-5-4-8-15(10)12-7-6-11(13)9(2)14-12/h6-7,10H,3-5,8H2,1-2H3. The first-order chi connectivity index (χ1) is 7.22. The maximum atomic E-state index is 4.63. The van der Waals surface area contributed by atoms with Crippen molar-refractivity contribution in [1.82, 2.24) is 4.98 Å². The van der Waals surface area contributed by atoms with Gasteiger partial charge >= 0.3 is 0 Å². The smallest absolute Gasteiger partial charge is 0.129 e. The molecule has 1 unspecified atom stereocenters. The molecule has 0 radical (unpaired) electrons. The van der Waals surface area contributed by atoms with E-state index in [9.17, 15) is 0 Å². The summed E-state index contributed by atoms with van der Waals surface area (Å²) >= 11 is 3.49. The molecule has 0 aliphatic carbocycles. The summed E-state index contributed by atoms with van der Waals surface area (Å²) in [5.41, 5.74) is 1.08. The Labute approximate surface area is 99.8 Å². The molecule has 3 heteroatoms. The second-order valence-electron chi connectivity index (χ2n) is 4.13. The topological polar surface area (TPSA) is 16.1 Å². The van der Waals surface area contributed by atoms with Gasteiger partial charge in [-0.05, 0) is 54.2 Å². The predicted octanol–water partition coefficient (Wildman–Crippen LogP) is 3.53. The Kier molecular flexibility index (Phi) is 3.29. The molecule has 82 valence electrons. The summed E-state index contributed by atoms with van der Waals surface area (Å²) in [6, 6.07) is 4.91. The molecule has 1 aromatic heterocycles. The maximum absolute atomic E-state index is 4.63. The lowest BCUT2D eigenvalue weighted by Gasteiger charge is -2.25. The van der Waals surface area contributed by atoms with Crippen molar-refractivity contribution >= 4 is 21.7 Å². The van der Waals surface area contributed by atoms with Crippen molar-refractivity contribution in [3.05, 3.63) is 22.3 Å². The van der Waals surface area contributed by atoms with Gasteiger partial charge < -0.3 is 4.90 Å². The van der Waals surface area contributed by atoms with Gasteiger partial charge in [0, 0.05) is 17.1 Å². The van der Waals surface area contributed by atoms with Gasteiger partial charge in [-0.3, -0.25) is 0 Å². The van der Waals surface area contributed by atoms with E-state index in [1.807, 2.05) is 6.92 Å². The second-order valence-corrected chi connectivity index (χ2v) is 4.99. The third-order valence-electron chi connectivity index (χ3n) is 3.15. The van der Waals surface area contributed by atoms with E-state index in [0.29, 0.717) is 6.04 Å². The number of nitrogens with zero attached hydrogens (tertiary/aromatic N) is 2. The minimum atomic E-state index is 0.693. The summed E-state index contributed by atoms with van der Waals surface area (Å²) in [4.78, 5) is 7.08. The quantitative estimate of drug-likeness (QED) is 0.816. The van der Waals surface area contributed by atoms with E-state index < -0.39 is 0 Å². The molecule has 2 rings (SSSR count). The fourth-order valence-corrected chi connectivity index (χ4v) is 2.47. The van der Waals surface area contributed by atoms with Crippen molar-refractivity contribution in [2.75, 3.05) is 11.4 Å². The zero-order valence-corrected chi connectivity index (χ0v) is 10.9. The lowest BCUT2D eigenvalue weighted by molar-refractivity contribution is 0.640. The van der Waals surface area contributed by atoms with Crippen molar-refractivity contribution in [3.63, 3.8) is 0 Å². The Hall–Kier alpha value is -0.570. The van der Waals surface area contributed by atoms with Gasteiger partial charge in [-0.15, -0.1) is 0 Å². The fourth-order valence-electron chi connectivity index (χ4n) is 2.25. The van der Waals surface area contributed by atoms with Crippen molar-refractivity contribution in [3.8, 4) is 0 Å². The first kappa shape index (κ1) is 10.9. The molecule has 0 saturated carbocycles. The highest BCUT2D eigenvalue weighted by molar-refractivity contribution is 9.10. The van der Waals surface area contributed by atoms with E-state index in [-0.39, 0.29) is 0 Å². The zero-order chi connectivity index (χ0) is 10.8. The molecule has 0 bridgehead atoms. The summed E-state index contributed by atoms with van der Waals surface area (Å²) in [5, 5.41) is 0. The summed E-state index contributed by atoms with van der Waals surface area (Å²) in [6.07, 6.45) is 3.83. The number of anilines is 1. The number of aromatic nitrogens is 1. The van der Waals surface area contributed by atoms with Crippen LogP contribution in [0.2, 0.25) is 0 Å². The van der Waals surface area contributed by atoms with Gasteiger partial charge in [0.1, 0.15) is 5.82 Å². The molecule has 1 aromatic rings. The summed E-state index contributed by atoms with van der Waals surface area (Å²) in [5.74, 6) is 1.14. The normalized spacial score (nSPS) is 21.0. The van der Waals surface area contributed by atoms with Gasteiger partial charge in [-0.25, -0.2) is 4.98 Å². The highest BCUT2D eigenvalue weighted by Crippen LogP contribution is 2.27. The molecule has 1 aliphatic heterocycles. The minimum absolute atomic E-state index is 0.693. The van der Waals surface area contributed by atoms with Crippen LogP contribution in [0.15, 0.2) is 16.6 Å². The van der Waals surface area contributed by atoms with E-state index in [1.165, 1.54) is 19.3 Å². The maximum Gasteiger partial charge on any atom is 0.129 e. The van der Waals surface area contributed by atoms with Crippen LogP contribution in [0, 0.1) is 6.92 Å². The number of pyridine rings is 1. The predicted molar refractivity (Wildman–Crippen MR) is 67.3 cm³/mol. The van der Waals surface area contributed by atoms with E-state index in [1.54, 1.807) is 0 Å². The average Bonchev–Trinajstić information content (AvgIpc) is 2.70. The van der Waals surface area contributed by atoms with Crippen LogP contribution in [0.1, 0.15) is 31.9 Å². The van der Waals surface area contributed by atoms with Crippen molar-refractivity contribution < 1.29 is 0 Å². The van der Waals surface area contributed by atoms with Crippen LogP contribution in [0.3, 0.4) is 0 Å². The molecular weight excluding hydrogens is 252 g/mol. The number of aryl methyl sites for hydroxylation is 1. The Bertz CT molecular complexity index is 351. The number of halogens is 1. The fraction of sp³-hybridized carbons (Fsp3) is 0.583. The van der Waals surface area contributed by atoms with Crippen LogP contribution in [0.25, 0.3) is 0 Å². The number of rotatable bonds is 2. The van der Waals surface area contributed by atoms with Gasteiger partial charge in [0.15, 0.2) is 0 Å². The molecule has 2 heterocycles. The molecule has 1 saturated heterocycles. The third kappa shape index (κ3) is 2.17. The van der Waals surface area contributed by atoms with Gasteiger partial charge in [0.05, 0.1) is 5.69 Å². The van der Waals surface area contributed by atoms with E-state index in [2.05, 4.69) is 44.9 Å². The molecular formula is C12H17BrN2. The van der Waals surface area contributed by atoms with Gasteiger partial charge in [-0.1, -0.05) is 6.92 Å². The van der Waals surface area contributed by atoms with Crippen LogP contribution >= 0.6 is 15.9 Å². The molecule has 1 atom stereocenters. The Morgan fingerprint density at radius 3 is 3.00 bits per heavy atom. The van der Waals surface area contributed by atoms with Crippen LogP contribution < -0.4 is 4.90 Å². The molecule has 0 aromatic carbocycles. The van der Waals surface area contributed by atoms with E-state index in [4.69, 9.17) is 0 Å². The lowest BCUT2D eigenvalue weighted by Crippen LogP contribution is -2.29. The van der Waals surface area contributed by atoms with Crippen molar-refractivity contribution in [2.45, 2.75) is 39.2 Å². The second kappa shape index (κ2) is 4.52. The number of hydrogen-bond donors (Lipinski definition) is 0. The highest BCUT2D eigenvalue weighted by atomic mass is 79.9. The molecule has 0 spiro atoms. The summed E-state index contributed by atoms with van der Waals surface area (Å²) < 4.78 is 1.10. The zero-order valence-electron chi connectivity index (χ0n) is 9.33. The van der Waals surface area contributed by atoms with Gasteiger partial charge in [-0.2, -0.15) is 0 Å². The average molecular weight is 269 g/mol. The first-order valence-corrected chi connectivity index (χ1v) is 6.41. The third-order valence-corrected chi connectivity index (χ3v) is 3.99. The Morgan fingerprint density at radius 1 is 1.53 bits per heavy atom. The van der Waals surface area contributed by atoms with Crippen LogP contribution in [-0.4, -0.2) is 17.6 Å². The van der Waals surface area contributed by atoms with Crippen LogP contribution in [0.5, 0.6) is 0 Å². The van der Waals surface area contributed by atoms with Crippen molar-refractivity contribution in [1.29, 1.82) is 0 Å². The summed E-state index contributed by atoms with van der Waals surface area (Å²) in [6.45, 7) is 5.46. The highest BCUT2D eigenvalue weighted by Gasteiger charge is 2.23. The molecule has 1 aliphatic rings. The monoisotopic (exact) mass is 268 g/mol. The van der Waals surface area contributed by atoms with E-state index >= 15 is 0 Å². The Balaban J connectivity index is 2.25. The minimum Gasteiger partial charge on any atom is -0.354 e. The molecule has 0 amide bonds. The van der Waals surface area contributed by atoms with E-state index in [0.717, 1.165) is 22.5 Å². The van der Waals surface area contributed by atoms with Crippen LogP contribution in [0.4, 0.5) is 5.82 Å². The molecule has 0 N–H and O–H groups in total. The van der Waals surface area contributed by atoms with Gasteiger partial charge in [0.2, 0.25) is 0 Å². The molecule has 15 heavy (non-hydrogen) atoms. The molecule has 1 fully saturated rings. The Morgan fingerprint density at radius 2 is 2.33 bits per heavy atom. The summed E-state index contributed by atoms with van der Waals surface area (Å²) in [7, 11) is 0. The lowest BCUT2D eigenvalue weighted by atomic mass is 10.2. The van der Waals surface area contributed by atoms with Gasteiger partial charge in [0.25, 0.3) is 0 Å². The largest absolute Gasteiger partial charge is 0.354 e. The first-order valence-electron chi connectivity index (χ1n) is 5.62. The van der Waals surface area contributed by atoms with Crippen LogP contribution in [-0.2, 0) is 0 Å². The molecule has 2 nitrogen and oxygen atoms in total. The van der Waals surface area contributed by atoms with Crippen molar-refractivity contribution in [2.24, 2.45) is 0 Å². The SMILES string of the molecule is CCC1CCCN1c1ccc(Br)c(C)n1.